The highest BCUT2D eigenvalue weighted by Crippen LogP contribution is 2.26. The van der Waals surface area contributed by atoms with E-state index in [9.17, 15) is 22.0 Å². The number of rotatable bonds is 10. The summed E-state index contributed by atoms with van der Waals surface area (Å²) in [5, 5.41) is 2.81. The molecule has 1 aromatic heterocycles. The lowest BCUT2D eigenvalue weighted by Crippen LogP contribution is -2.48. The van der Waals surface area contributed by atoms with Crippen molar-refractivity contribution in [2.75, 3.05) is 29.4 Å². The Morgan fingerprint density at radius 2 is 1.50 bits per heavy atom. The van der Waals surface area contributed by atoms with Gasteiger partial charge in [0.15, 0.2) is 0 Å². The van der Waals surface area contributed by atoms with Crippen molar-refractivity contribution in [3.8, 4) is 11.5 Å². The SMILES string of the molecule is CS(=O)(=O)Nc1ccc(Oc2ccc(CN3CCC(N(Cc4ncccc4F)C(=O)Nc4ccc(F)cc4)CC3)cc2)cc1.Cl.Cl. The van der Waals surface area contributed by atoms with E-state index >= 15 is 0 Å². The fourth-order valence-corrected chi connectivity index (χ4v) is 5.61. The third-order valence-corrected chi connectivity index (χ3v) is 7.84. The highest BCUT2D eigenvalue weighted by molar-refractivity contribution is 7.92. The number of halogens is 4. The lowest BCUT2D eigenvalue weighted by molar-refractivity contribution is 0.118. The van der Waals surface area contributed by atoms with Crippen LogP contribution in [0.3, 0.4) is 0 Å². The Morgan fingerprint density at radius 3 is 2.09 bits per heavy atom. The van der Waals surface area contributed by atoms with E-state index in [4.69, 9.17) is 4.74 Å². The molecule has 9 nitrogen and oxygen atoms in total. The van der Waals surface area contributed by atoms with Gasteiger partial charge in [-0.15, -0.1) is 24.8 Å². The zero-order chi connectivity index (χ0) is 31.1. The molecule has 0 unspecified atom stereocenters. The summed E-state index contributed by atoms with van der Waals surface area (Å²) in [6, 6.07) is 22.2. The maximum absolute atomic E-state index is 14.5. The molecular weight excluding hydrogens is 659 g/mol. The molecule has 0 spiro atoms. The van der Waals surface area contributed by atoms with Crippen molar-refractivity contribution in [3.05, 3.63) is 114 Å². The van der Waals surface area contributed by atoms with Crippen LogP contribution in [0.2, 0.25) is 0 Å². The predicted octanol–water partition coefficient (Wildman–Crippen LogP) is 7.07. The summed E-state index contributed by atoms with van der Waals surface area (Å²) in [6.45, 7) is 2.21. The number of carbonyl (C=O) groups excluding carboxylic acids is 1. The van der Waals surface area contributed by atoms with E-state index in [1.807, 2.05) is 24.3 Å². The summed E-state index contributed by atoms with van der Waals surface area (Å²) in [5.41, 5.74) is 2.20. The van der Waals surface area contributed by atoms with Gasteiger partial charge in [-0.1, -0.05) is 12.1 Å². The molecule has 0 radical (unpaired) electrons. The number of aromatic nitrogens is 1. The van der Waals surface area contributed by atoms with E-state index in [-0.39, 0.29) is 43.1 Å². The van der Waals surface area contributed by atoms with Crippen LogP contribution in [-0.2, 0) is 23.1 Å². The Balaban J connectivity index is 0.00000288. The van der Waals surface area contributed by atoms with Crippen LogP contribution >= 0.6 is 24.8 Å². The van der Waals surface area contributed by atoms with E-state index in [2.05, 4.69) is 19.9 Å². The van der Waals surface area contributed by atoms with Gasteiger partial charge in [-0.25, -0.2) is 22.0 Å². The number of hydrogen-bond acceptors (Lipinski definition) is 6. The number of pyridine rings is 1. The molecule has 0 saturated carbocycles. The van der Waals surface area contributed by atoms with Gasteiger partial charge in [-0.3, -0.25) is 14.6 Å². The number of urea groups is 1. The van der Waals surface area contributed by atoms with Gasteiger partial charge in [-0.05, 0) is 91.2 Å². The number of sulfonamides is 1. The second kappa shape index (κ2) is 16.5. The van der Waals surface area contributed by atoms with Crippen LogP contribution in [0, 0.1) is 11.6 Å². The van der Waals surface area contributed by atoms with Crippen LogP contribution < -0.4 is 14.8 Å². The minimum Gasteiger partial charge on any atom is -0.457 e. The first-order valence-corrected chi connectivity index (χ1v) is 16.0. The van der Waals surface area contributed by atoms with E-state index < -0.39 is 27.7 Å². The van der Waals surface area contributed by atoms with E-state index in [0.29, 0.717) is 35.7 Å². The Morgan fingerprint density at radius 1 is 0.913 bits per heavy atom. The summed E-state index contributed by atoms with van der Waals surface area (Å²) in [5.74, 6) is 0.359. The monoisotopic (exact) mass is 693 g/mol. The number of anilines is 2. The van der Waals surface area contributed by atoms with E-state index in [1.54, 1.807) is 29.2 Å². The standard InChI is InChI=1S/C32H33F2N5O4S.2ClH/c1-44(41,42)37-26-10-14-29(15-11-26)43-28-12-4-23(5-13-28)21-38-19-16-27(17-20-38)39(22-31-30(34)3-2-18-35-31)32(40)36-25-8-6-24(33)7-9-25;;/h2-15,18,27,37H,16-17,19-22H2,1H3,(H,36,40);2*1H. The number of nitrogens with zero attached hydrogens (tertiary/aromatic N) is 3. The molecule has 1 saturated heterocycles. The zero-order valence-corrected chi connectivity index (χ0v) is 27.4. The van der Waals surface area contributed by atoms with Crippen LogP contribution in [0.5, 0.6) is 11.5 Å². The highest BCUT2D eigenvalue weighted by Gasteiger charge is 2.29. The summed E-state index contributed by atoms with van der Waals surface area (Å²) in [4.78, 5) is 21.4. The Bertz CT molecular complexity index is 1670. The quantitative estimate of drug-likeness (QED) is 0.184. The van der Waals surface area contributed by atoms with Gasteiger partial charge < -0.3 is 15.0 Å². The second-order valence-corrected chi connectivity index (χ2v) is 12.4. The topological polar surface area (TPSA) is 104 Å². The van der Waals surface area contributed by atoms with Gasteiger partial charge in [0.1, 0.15) is 23.1 Å². The minimum absolute atomic E-state index is 0. The molecule has 2 amide bonds. The van der Waals surface area contributed by atoms with Crippen LogP contribution in [0.4, 0.5) is 25.0 Å². The van der Waals surface area contributed by atoms with Gasteiger partial charge in [-0.2, -0.15) is 0 Å². The molecule has 1 aliphatic heterocycles. The van der Waals surface area contributed by atoms with Gasteiger partial charge in [0.05, 0.1) is 18.5 Å². The first kappa shape index (κ1) is 36.5. The Labute approximate surface area is 279 Å². The second-order valence-electron chi connectivity index (χ2n) is 10.6. The molecule has 0 aliphatic carbocycles. The number of carbonyl (C=O) groups is 1. The van der Waals surface area contributed by atoms with Gasteiger partial charge in [0, 0.05) is 43.2 Å². The molecule has 2 heterocycles. The molecule has 246 valence electrons. The molecule has 1 aliphatic rings. The third kappa shape index (κ3) is 10.5. The number of benzene rings is 3. The molecule has 14 heteroatoms. The van der Waals surface area contributed by atoms with Crippen molar-refractivity contribution in [2.45, 2.75) is 32.0 Å². The average molecular weight is 695 g/mol. The summed E-state index contributed by atoms with van der Waals surface area (Å²) < 4.78 is 58.9. The highest BCUT2D eigenvalue weighted by atomic mass is 35.5. The van der Waals surface area contributed by atoms with Gasteiger partial charge in [0.2, 0.25) is 10.0 Å². The molecule has 46 heavy (non-hydrogen) atoms. The van der Waals surface area contributed by atoms with Crippen LogP contribution in [-0.4, -0.2) is 54.6 Å². The van der Waals surface area contributed by atoms with Crippen molar-refractivity contribution in [2.24, 2.45) is 0 Å². The maximum atomic E-state index is 14.5. The lowest BCUT2D eigenvalue weighted by Gasteiger charge is -2.38. The number of ether oxygens (including phenoxy) is 1. The van der Waals surface area contributed by atoms with Crippen molar-refractivity contribution >= 4 is 52.2 Å². The van der Waals surface area contributed by atoms with Crippen LogP contribution in [0.1, 0.15) is 24.1 Å². The third-order valence-electron chi connectivity index (χ3n) is 7.23. The van der Waals surface area contributed by atoms with Crippen LogP contribution in [0.25, 0.3) is 0 Å². The summed E-state index contributed by atoms with van der Waals surface area (Å²) in [6.07, 6.45) is 3.98. The fraction of sp³-hybridized carbons (Fsp3) is 0.250. The lowest BCUT2D eigenvalue weighted by atomic mass is 10.0. The van der Waals surface area contributed by atoms with Crippen molar-refractivity contribution in [1.29, 1.82) is 0 Å². The number of nitrogens with one attached hydrogen (secondary N) is 2. The number of hydrogen-bond donors (Lipinski definition) is 2. The molecule has 5 rings (SSSR count). The molecule has 0 atom stereocenters. The summed E-state index contributed by atoms with van der Waals surface area (Å²) in [7, 11) is -3.35. The molecular formula is C32H35Cl2F2N5O4S. The van der Waals surface area contributed by atoms with E-state index in [1.165, 1.54) is 42.6 Å². The Hall–Kier alpha value is -3.97. The van der Waals surface area contributed by atoms with Crippen molar-refractivity contribution in [3.63, 3.8) is 0 Å². The van der Waals surface area contributed by atoms with E-state index in [0.717, 1.165) is 31.5 Å². The zero-order valence-electron chi connectivity index (χ0n) is 24.9. The van der Waals surface area contributed by atoms with Crippen molar-refractivity contribution < 1.29 is 26.7 Å². The van der Waals surface area contributed by atoms with Gasteiger partial charge in [0.25, 0.3) is 0 Å². The average Bonchev–Trinajstić information content (AvgIpc) is 3.00. The maximum Gasteiger partial charge on any atom is 0.322 e. The normalized spacial score (nSPS) is 13.5. The Kier molecular flexibility index (Phi) is 13.1. The molecule has 4 aromatic rings. The van der Waals surface area contributed by atoms with Gasteiger partial charge >= 0.3 is 6.03 Å². The molecule has 2 N–H and O–H groups in total. The first-order valence-electron chi connectivity index (χ1n) is 14.1. The predicted molar refractivity (Wildman–Crippen MR) is 179 cm³/mol. The number of amides is 2. The molecule has 0 bridgehead atoms. The van der Waals surface area contributed by atoms with Crippen molar-refractivity contribution in [1.82, 2.24) is 14.8 Å². The largest absolute Gasteiger partial charge is 0.457 e. The first-order chi connectivity index (χ1) is 21.1. The molecule has 1 fully saturated rings. The fourth-order valence-electron chi connectivity index (χ4n) is 5.04. The van der Waals surface area contributed by atoms with Crippen LogP contribution in [0.15, 0.2) is 91.1 Å². The smallest absolute Gasteiger partial charge is 0.322 e. The summed E-state index contributed by atoms with van der Waals surface area (Å²) >= 11 is 0. The number of likely N-dealkylation sites (tertiary alicyclic amines) is 1. The molecule has 3 aromatic carbocycles. The number of piperidine rings is 1. The minimum atomic E-state index is -3.35.